The van der Waals surface area contributed by atoms with Gasteiger partial charge in [-0.25, -0.2) is 0 Å². The predicted octanol–water partition coefficient (Wildman–Crippen LogP) is 4.81. The van der Waals surface area contributed by atoms with E-state index in [1.165, 1.54) is 32.1 Å². The molecule has 0 radical (unpaired) electrons. The summed E-state index contributed by atoms with van der Waals surface area (Å²) < 4.78 is 0. The average molecular weight is 182 g/mol. The van der Waals surface area contributed by atoms with Crippen molar-refractivity contribution in [2.45, 2.75) is 59.8 Å². The van der Waals surface area contributed by atoms with Gasteiger partial charge in [-0.15, -0.1) is 0 Å². The maximum atomic E-state index is 2.36. The van der Waals surface area contributed by atoms with Gasteiger partial charge in [0.15, 0.2) is 0 Å². The third-order valence-corrected chi connectivity index (χ3v) is 2.96. The van der Waals surface area contributed by atoms with Gasteiger partial charge < -0.3 is 0 Å². The first-order valence-corrected chi connectivity index (χ1v) is 5.87. The Kier molecular flexibility index (Phi) is 8.18. The summed E-state index contributed by atoms with van der Waals surface area (Å²) in [7, 11) is 0. The van der Waals surface area contributed by atoms with Crippen molar-refractivity contribution in [2.24, 2.45) is 11.8 Å². The highest BCUT2D eigenvalue weighted by atomic mass is 14.1. The van der Waals surface area contributed by atoms with Crippen LogP contribution in [0.1, 0.15) is 59.8 Å². The second-order valence-electron chi connectivity index (χ2n) is 4.14. The van der Waals surface area contributed by atoms with E-state index in [-0.39, 0.29) is 0 Å². The Bertz CT molecular complexity index is 124. The monoisotopic (exact) mass is 182 g/mol. The predicted molar refractivity (Wildman–Crippen MR) is 61.9 cm³/mol. The van der Waals surface area contributed by atoms with Crippen molar-refractivity contribution in [2.75, 3.05) is 0 Å². The molecule has 2 unspecified atom stereocenters. The third kappa shape index (κ3) is 6.86. The molecule has 0 heteroatoms. The molecule has 0 aliphatic carbocycles. The lowest BCUT2D eigenvalue weighted by atomic mass is 9.94. The van der Waals surface area contributed by atoms with Crippen molar-refractivity contribution in [1.82, 2.24) is 0 Å². The van der Waals surface area contributed by atoms with Crippen molar-refractivity contribution < 1.29 is 0 Å². The zero-order valence-electron chi connectivity index (χ0n) is 9.84. The molecule has 78 valence electrons. The van der Waals surface area contributed by atoms with Crippen molar-refractivity contribution >= 4 is 0 Å². The van der Waals surface area contributed by atoms with Crippen molar-refractivity contribution in [1.29, 1.82) is 0 Å². The molecule has 0 N–H and O–H groups in total. The van der Waals surface area contributed by atoms with E-state index in [1.54, 1.807) is 0 Å². The summed E-state index contributed by atoms with van der Waals surface area (Å²) in [6.07, 6.45) is 11.4. The van der Waals surface area contributed by atoms with Crippen molar-refractivity contribution in [3.05, 3.63) is 12.2 Å². The fourth-order valence-corrected chi connectivity index (χ4v) is 1.64. The first-order valence-electron chi connectivity index (χ1n) is 5.87. The second kappa shape index (κ2) is 8.34. The summed E-state index contributed by atoms with van der Waals surface area (Å²) in [5.74, 6) is 1.75. The molecule has 0 saturated heterocycles. The van der Waals surface area contributed by atoms with E-state index in [2.05, 4.69) is 39.8 Å². The fraction of sp³-hybridized carbons (Fsp3) is 0.846. The molecule has 0 saturated carbocycles. The van der Waals surface area contributed by atoms with Crippen LogP contribution in [0.3, 0.4) is 0 Å². The summed E-state index contributed by atoms with van der Waals surface area (Å²) in [6.45, 7) is 9.05. The molecule has 0 aliphatic heterocycles. The van der Waals surface area contributed by atoms with Gasteiger partial charge in [-0.2, -0.15) is 0 Å². The van der Waals surface area contributed by atoms with Crippen LogP contribution < -0.4 is 0 Å². The zero-order chi connectivity index (χ0) is 10.1. The first-order chi connectivity index (χ1) is 6.24. The molecule has 0 rings (SSSR count). The van der Waals surface area contributed by atoms with Gasteiger partial charge in [-0.1, -0.05) is 52.2 Å². The van der Waals surface area contributed by atoms with E-state index >= 15 is 0 Å². The molecule has 0 heterocycles. The van der Waals surface area contributed by atoms with Crippen molar-refractivity contribution in [3.8, 4) is 0 Å². The van der Waals surface area contributed by atoms with Gasteiger partial charge in [0.1, 0.15) is 0 Å². The van der Waals surface area contributed by atoms with Gasteiger partial charge in [0.2, 0.25) is 0 Å². The topological polar surface area (TPSA) is 0 Å². The van der Waals surface area contributed by atoms with Crippen LogP contribution in [0.15, 0.2) is 12.2 Å². The molecule has 0 spiro atoms. The van der Waals surface area contributed by atoms with Crippen molar-refractivity contribution in [3.63, 3.8) is 0 Å². The summed E-state index contributed by atoms with van der Waals surface area (Å²) in [5.41, 5.74) is 0. The smallest absolute Gasteiger partial charge is 0.0236 e. The first kappa shape index (κ1) is 12.7. The average Bonchev–Trinajstić information content (AvgIpc) is 2.16. The standard InChI is InChI=1S/C13H26/c1-5-9-13(7-3)11-8-10-12(4)6-2/h5,9,12-13H,6-8,10-11H2,1-4H3. The Labute approximate surface area is 84.4 Å². The van der Waals surface area contributed by atoms with E-state index in [1.807, 2.05) is 0 Å². The number of rotatable bonds is 7. The summed E-state index contributed by atoms with van der Waals surface area (Å²) in [4.78, 5) is 0. The lowest BCUT2D eigenvalue weighted by Gasteiger charge is -2.12. The van der Waals surface area contributed by atoms with Crippen LogP contribution in [0.25, 0.3) is 0 Å². The molecular formula is C13H26. The number of hydrogen-bond acceptors (Lipinski definition) is 0. The molecule has 13 heavy (non-hydrogen) atoms. The van der Waals surface area contributed by atoms with E-state index < -0.39 is 0 Å². The number of hydrogen-bond donors (Lipinski definition) is 0. The van der Waals surface area contributed by atoms with Crippen LogP contribution in [0.4, 0.5) is 0 Å². The molecule has 0 nitrogen and oxygen atoms in total. The molecule has 0 aromatic rings. The molecule has 0 aromatic carbocycles. The SMILES string of the molecule is CC=CC(CC)CCCC(C)CC. The Balaban J connectivity index is 3.49. The van der Waals surface area contributed by atoms with Gasteiger partial charge in [0.05, 0.1) is 0 Å². The van der Waals surface area contributed by atoms with Gasteiger partial charge in [-0.3, -0.25) is 0 Å². The molecule has 0 amide bonds. The van der Waals surface area contributed by atoms with Gasteiger partial charge in [-0.05, 0) is 31.6 Å². The maximum Gasteiger partial charge on any atom is -0.0236 e. The van der Waals surface area contributed by atoms with E-state index in [0.717, 1.165) is 11.8 Å². The highest BCUT2D eigenvalue weighted by Gasteiger charge is 2.03. The zero-order valence-corrected chi connectivity index (χ0v) is 9.84. The Morgan fingerprint density at radius 2 is 1.77 bits per heavy atom. The highest BCUT2D eigenvalue weighted by Crippen LogP contribution is 2.18. The maximum absolute atomic E-state index is 2.36. The molecule has 0 aliphatic rings. The molecule has 0 aromatic heterocycles. The minimum absolute atomic E-state index is 0.828. The van der Waals surface area contributed by atoms with Crippen LogP contribution in [0.5, 0.6) is 0 Å². The van der Waals surface area contributed by atoms with Gasteiger partial charge >= 0.3 is 0 Å². The minimum Gasteiger partial charge on any atom is -0.0914 e. The third-order valence-electron chi connectivity index (χ3n) is 2.96. The molecule has 0 fully saturated rings. The second-order valence-corrected chi connectivity index (χ2v) is 4.14. The van der Waals surface area contributed by atoms with E-state index in [4.69, 9.17) is 0 Å². The normalized spacial score (nSPS) is 16.3. The van der Waals surface area contributed by atoms with Crippen LogP contribution >= 0.6 is 0 Å². The van der Waals surface area contributed by atoms with Crippen LogP contribution in [-0.2, 0) is 0 Å². The largest absolute Gasteiger partial charge is 0.0914 e. The Morgan fingerprint density at radius 1 is 1.08 bits per heavy atom. The van der Waals surface area contributed by atoms with Gasteiger partial charge in [0.25, 0.3) is 0 Å². The number of allylic oxidation sites excluding steroid dienone is 2. The Hall–Kier alpha value is -0.260. The molecule has 2 atom stereocenters. The summed E-state index contributed by atoms with van der Waals surface area (Å²) >= 11 is 0. The van der Waals surface area contributed by atoms with E-state index in [9.17, 15) is 0 Å². The lowest BCUT2D eigenvalue weighted by Crippen LogP contribution is -1.97. The fourth-order valence-electron chi connectivity index (χ4n) is 1.64. The van der Waals surface area contributed by atoms with E-state index in [0.29, 0.717) is 0 Å². The minimum atomic E-state index is 0.828. The molecule has 0 bridgehead atoms. The highest BCUT2D eigenvalue weighted by molar-refractivity contribution is 4.84. The molecular weight excluding hydrogens is 156 g/mol. The van der Waals surface area contributed by atoms with Crippen LogP contribution in [-0.4, -0.2) is 0 Å². The van der Waals surface area contributed by atoms with Gasteiger partial charge in [0, 0.05) is 0 Å². The lowest BCUT2D eigenvalue weighted by molar-refractivity contribution is 0.447. The van der Waals surface area contributed by atoms with Crippen LogP contribution in [0, 0.1) is 11.8 Å². The summed E-state index contributed by atoms with van der Waals surface area (Å²) in [6, 6.07) is 0. The van der Waals surface area contributed by atoms with Crippen LogP contribution in [0.2, 0.25) is 0 Å². The summed E-state index contributed by atoms with van der Waals surface area (Å²) in [5, 5.41) is 0. The Morgan fingerprint density at radius 3 is 2.23 bits per heavy atom. The quantitative estimate of drug-likeness (QED) is 0.496.